The van der Waals surface area contributed by atoms with Gasteiger partial charge in [0.2, 0.25) is 0 Å². The molecular weight excluding hydrogens is 348 g/mol. The van der Waals surface area contributed by atoms with Crippen molar-refractivity contribution in [3.8, 4) is 11.5 Å². The minimum Gasteiger partial charge on any atom is -0.493 e. The maximum Gasteiger partial charge on any atom is 0.274 e. The summed E-state index contributed by atoms with van der Waals surface area (Å²) < 4.78 is 12.9. The highest BCUT2D eigenvalue weighted by atomic mass is 32.1. The molecule has 0 radical (unpaired) electrons. The van der Waals surface area contributed by atoms with Gasteiger partial charge in [0.05, 0.1) is 29.8 Å². The molecule has 4 rings (SSSR count). The first kappa shape index (κ1) is 16.6. The van der Waals surface area contributed by atoms with E-state index in [9.17, 15) is 4.79 Å². The molecule has 0 amide bonds. The van der Waals surface area contributed by atoms with E-state index in [1.807, 2.05) is 44.2 Å². The van der Waals surface area contributed by atoms with Crippen molar-refractivity contribution in [1.29, 1.82) is 0 Å². The number of hydrogen-bond acceptors (Lipinski definition) is 5. The maximum absolute atomic E-state index is 13.0. The van der Waals surface area contributed by atoms with Gasteiger partial charge in [-0.05, 0) is 54.8 Å². The average molecular weight is 366 g/mol. The van der Waals surface area contributed by atoms with Gasteiger partial charge in [-0.15, -0.1) is 0 Å². The monoisotopic (exact) mass is 366 g/mol. The van der Waals surface area contributed by atoms with Crippen LogP contribution in [0.2, 0.25) is 0 Å². The molecule has 0 bridgehead atoms. The lowest BCUT2D eigenvalue weighted by atomic mass is 10.1. The van der Waals surface area contributed by atoms with Crippen LogP contribution in [0, 0.1) is 13.8 Å². The maximum atomic E-state index is 13.0. The van der Waals surface area contributed by atoms with Crippen molar-refractivity contribution in [2.45, 2.75) is 13.8 Å². The highest BCUT2D eigenvalue weighted by Crippen LogP contribution is 2.28. The molecule has 0 atom stereocenters. The molecule has 132 valence electrons. The van der Waals surface area contributed by atoms with Crippen LogP contribution >= 0.6 is 11.3 Å². The Morgan fingerprint density at radius 2 is 1.85 bits per heavy atom. The molecule has 26 heavy (non-hydrogen) atoms. The molecule has 0 fully saturated rings. The van der Waals surface area contributed by atoms with E-state index in [-0.39, 0.29) is 5.56 Å². The number of methoxy groups -OCH3 is 2. The third-order valence-corrected chi connectivity index (χ3v) is 5.35. The van der Waals surface area contributed by atoms with Crippen molar-refractivity contribution in [2.24, 2.45) is 0 Å². The third-order valence-electron chi connectivity index (χ3n) is 4.38. The van der Waals surface area contributed by atoms with Gasteiger partial charge in [0.1, 0.15) is 0 Å². The first-order valence-electron chi connectivity index (χ1n) is 8.18. The van der Waals surface area contributed by atoms with Gasteiger partial charge >= 0.3 is 0 Å². The summed E-state index contributed by atoms with van der Waals surface area (Å²) in [6.07, 6.45) is 1.86. The van der Waals surface area contributed by atoms with Gasteiger partial charge in [-0.2, -0.15) is 0 Å². The van der Waals surface area contributed by atoms with Crippen LogP contribution in [0.4, 0.5) is 0 Å². The van der Waals surface area contributed by atoms with Crippen LogP contribution in [0.3, 0.4) is 0 Å². The largest absolute Gasteiger partial charge is 0.493 e. The molecule has 2 aromatic carbocycles. The highest BCUT2D eigenvalue weighted by molar-refractivity contribution is 7.15. The molecule has 5 nitrogen and oxygen atoms in total. The Balaban J connectivity index is 1.94. The third kappa shape index (κ3) is 2.54. The van der Waals surface area contributed by atoms with E-state index in [0.717, 1.165) is 27.7 Å². The minimum atomic E-state index is -0.0488. The van der Waals surface area contributed by atoms with Gasteiger partial charge in [0, 0.05) is 0 Å². The second-order valence-corrected chi connectivity index (χ2v) is 7.22. The van der Waals surface area contributed by atoms with Gasteiger partial charge in [-0.25, -0.2) is 9.38 Å². The molecule has 2 heterocycles. The molecule has 0 saturated carbocycles. The lowest BCUT2D eigenvalue weighted by Gasteiger charge is -2.07. The molecule has 4 aromatic rings. The number of aryl methyl sites for hydroxylation is 2. The predicted octanol–water partition coefficient (Wildman–Crippen LogP) is 3.09. The van der Waals surface area contributed by atoms with Crippen molar-refractivity contribution < 1.29 is 9.47 Å². The molecular formula is C20H18N2O3S. The number of nitrogens with zero attached hydrogens (tertiary/aromatic N) is 2. The zero-order chi connectivity index (χ0) is 18.4. The smallest absolute Gasteiger partial charge is 0.274 e. The Morgan fingerprint density at radius 1 is 1.08 bits per heavy atom. The summed E-state index contributed by atoms with van der Waals surface area (Å²) in [6.45, 7) is 4.05. The zero-order valence-corrected chi connectivity index (χ0v) is 15.8. The number of fused-ring (bicyclic) bond motifs is 3. The van der Waals surface area contributed by atoms with Gasteiger partial charge in [0.25, 0.3) is 5.56 Å². The van der Waals surface area contributed by atoms with Gasteiger partial charge < -0.3 is 9.47 Å². The van der Waals surface area contributed by atoms with E-state index in [4.69, 9.17) is 9.47 Å². The van der Waals surface area contributed by atoms with E-state index in [1.54, 1.807) is 18.6 Å². The zero-order valence-electron chi connectivity index (χ0n) is 15.0. The first-order valence-corrected chi connectivity index (χ1v) is 8.99. The molecule has 0 aliphatic carbocycles. The van der Waals surface area contributed by atoms with Gasteiger partial charge in [-0.1, -0.05) is 23.5 Å². The normalized spacial score (nSPS) is 12.2. The second kappa shape index (κ2) is 6.14. The Hall–Kier alpha value is -2.86. The van der Waals surface area contributed by atoms with Crippen LogP contribution in [0.25, 0.3) is 22.1 Å². The van der Waals surface area contributed by atoms with Gasteiger partial charge in [-0.3, -0.25) is 4.79 Å². The molecule has 6 heteroatoms. The van der Waals surface area contributed by atoms with Crippen molar-refractivity contribution in [1.82, 2.24) is 9.38 Å². The summed E-state index contributed by atoms with van der Waals surface area (Å²) >= 11 is 1.39. The minimum absolute atomic E-state index is 0.0488. The predicted molar refractivity (Wildman–Crippen MR) is 105 cm³/mol. The van der Waals surface area contributed by atoms with Crippen LogP contribution in [-0.4, -0.2) is 23.6 Å². The number of imidazole rings is 1. The summed E-state index contributed by atoms with van der Waals surface area (Å²) in [5.74, 6) is 1.29. The fraction of sp³-hybridized carbons (Fsp3) is 0.200. The number of benzene rings is 2. The second-order valence-electron chi connectivity index (χ2n) is 6.21. The molecule has 0 saturated heterocycles. The highest BCUT2D eigenvalue weighted by Gasteiger charge is 2.13. The standard InChI is InChI=1S/C20H18N2O3S/c1-11-7-12(2)18-14(8-11)22-19(23)17(26-20(22)21-18)10-13-5-6-15(24-3)16(9-13)25-4/h5-10H,1-4H3. The summed E-state index contributed by atoms with van der Waals surface area (Å²) in [7, 11) is 3.19. The van der Waals surface area contributed by atoms with E-state index < -0.39 is 0 Å². The molecule has 2 aromatic heterocycles. The molecule has 0 spiro atoms. The van der Waals surface area contributed by atoms with E-state index in [2.05, 4.69) is 11.1 Å². The average Bonchev–Trinajstić information content (AvgIpc) is 3.12. The molecule has 0 aliphatic rings. The van der Waals surface area contributed by atoms with Crippen molar-refractivity contribution in [3.05, 3.63) is 61.9 Å². The fourth-order valence-electron chi connectivity index (χ4n) is 3.20. The van der Waals surface area contributed by atoms with Crippen molar-refractivity contribution in [3.63, 3.8) is 0 Å². The Kier molecular flexibility index (Phi) is 3.92. The Morgan fingerprint density at radius 3 is 2.58 bits per heavy atom. The quantitative estimate of drug-likeness (QED) is 0.559. The SMILES string of the molecule is COc1ccc(C=c2sc3nc4c(C)cc(C)cc4n3c2=O)cc1OC. The van der Waals surface area contributed by atoms with Crippen LogP contribution in [0.1, 0.15) is 16.7 Å². The molecule has 0 N–H and O–H groups in total. The number of thiazole rings is 1. The Labute approximate surface area is 154 Å². The number of ether oxygens (including phenoxy) is 2. The summed E-state index contributed by atoms with van der Waals surface area (Å²) in [4.78, 5) is 18.3. The molecule has 0 unspecified atom stereocenters. The lowest BCUT2D eigenvalue weighted by Crippen LogP contribution is -2.22. The fourth-order valence-corrected chi connectivity index (χ4v) is 4.18. The van der Waals surface area contributed by atoms with E-state index in [1.165, 1.54) is 11.3 Å². The first-order chi connectivity index (χ1) is 12.5. The number of hydrogen-bond donors (Lipinski definition) is 0. The van der Waals surface area contributed by atoms with Crippen molar-refractivity contribution >= 4 is 33.4 Å². The van der Waals surface area contributed by atoms with Crippen LogP contribution in [0.15, 0.2) is 35.1 Å². The summed E-state index contributed by atoms with van der Waals surface area (Å²) in [5.41, 5.74) is 4.78. The molecule has 0 aliphatic heterocycles. The van der Waals surface area contributed by atoms with E-state index >= 15 is 0 Å². The lowest BCUT2D eigenvalue weighted by molar-refractivity contribution is 0.355. The summed E-state index contributed by atoms with van der Waals surface area (Å²) in [6, 6.07) is 9.68. The number of rotatable bonds is 3. The van der Waals surface area contributed by atoms with Crippen LogP contribution in [-0.2, 0) is 0 Å². The van der Waals surface area contributed by atoms with E-state index in [0.29, 0.717) is 21.0 Å². The number of aromatic nitrogens is 2. The summed E-state index contributed by atoms with van der Waals surface area (Å²) in [5, 5.41) is 0. The Bertz CT molecular complexity index is 1250. The van der Waals surface area contributed by atoms with Crippen LogP contribution in [0.5, 0.6) is 11.5 Å². The van der Waals surface area contributed by atoms with Crippen molar-refractivity contribution in [2.75, 3.05) is 14.2 Å². The van der Waals surface area contributed by atoms with Crippen LogP contribution < -0.4 is 19.6 Å². The topological polar surface area (TPSA) is 52.8 Å². The van der Waals surface area contributed by atoms with Gasteiger partial charge in [0.15, 0.2) is 16.5 Å².